The standard InChI is InChI=1S/C19H27N3O6/c1-10(7-12-5-4-6-21(12)15(24)9-20-3)13-8-14-16(11(2)23)17(25)22(14)18(13)28-19(26)27/h7,11-12,14,16,20,23H,4-6,8-9H2,1-3H3,(H,26,27)/t11-,12+,14-,16-/m1/s1. The van der Waals surface area contributed by atoms with Crippen LogP contribution in [0.15, 0.2) is 23.1 Å². The van der Waals surface area contributed by atoms with Crippen molar-refractivity contribution in [1.82, 2.24) is 15.1 Å². The molecule has 9 heteroatoms. The number of fused-ring (bicyclic) bond motifs is 1. The van der Waals surface area contributed by atoms with Crippen molar-refractivity contribution in [2.24, 2.45) is 5.92 Å². The zero-order valence-corrected chi connectivity index (χ0v) is 16.3. The van der Waals surface area contributed by atoms with Gasteiger partial charge in [0.05, 0.1) is 30.7 Å². The van der Waals surface area contributed by atoms with Crippen molar-refractivity contribution in [2.75, 3.05) is 20.1 Å². The van der Waals surface area contributed by atoms with Gasteiger partial charge in [-0.05, 0) is 45.7 Å². The number of β-lactam (4-membered cyclic amide) rings is 1. The number of hydrogen-bond acceptors (Lipinski definition) is 6. The van der Waals surface area contributed by atoms with Crippen molar-refractivity contribution >= 4 is 18.0 Å². The molecule has 0 aromatic carbocycles. The molecule has 0 unspecified atom stereocenters. The number of likely N-dealkylation sites (N-methyl/N-ethyl adjacent to an activating group) is 1. The molecular weight excluding hydrogens is 366 g/mol. The number of rotatable bonds is 6. The fourth-order valence-electron chi connectivity index (χ4n) is 4.45. The zero-order chi connectivity index (χ0) is 20.6. The van der Waals surface area contributed by atoms with E-state index in [4.69, 9.17) is 9.84 Å². The minimum Gasteiger partial charge on any atom is -0.449 e. The van der Waals surface area contributed by atoms with E-state index in [9.17, 15) is 19.5 Å². The van der Waals surface area contributed by atoms with Crippen LogP contribution in [0.5, 0.6) is 0 Å². The largest absolute Gasteiger partial charge is 0.512 e. The van der Waals surface area contributed by atoms with Gasteiger partial charge in [-0.3, -0.25) is 14.5 Å². The number of aliphatic hydroxyl groups excluding tert-OH is 1. The second-order valence-corrected chi connectivity index (χ2v) is 7.57. The summed E-state index contributed by atoms with van der Waals surface area (Å²) in [6.45, 7) is 4.35. The van der Waals surface area contributed by atoms with E-state index in [1.165, 1.54) is 4.90 Å². The Balaban J connectivity index is 1.86. The van der Waals surface area contributed by atoms with Crippen LogP contribution < -0.4 is 5.32 Å². The number of likely N-dealkylation sites (tertiary alicyclic amines) is 1. The number of ether oxygens (including phenoxy) is 1. The monoisotopic (exact) mass is 393 g/mol. The van der Waals surface area contributed by atoms with Gasteiger partial charge < -0.3 is 25.2 Å². The first kappa shape index (κ1) is 20.3. The predicted octanol–water partition coefficient (Wildman–Crippen LogP) is 0.661. The maximum atomic E-state index is 12.4. The highest BCUT2D eigenvalue weighted by Gasteiger charge is 2.56. The van der Waals surface area contributed by atoms with Gasteiger partial charge in [-0.1, -0.05) is 6.08 Å². The van der Waals surface area contributed by atoms with Crippen LogP contribution in [-0.4, -0.2) is 76.3 Å². The number of aliphatic hydroxyl groups is 1. The highest BCUT2D eigenvalue weighted by Crippen LogP contribution is 2.46. The smallest absolute Gasteiger partial charge is 0.449 e. The van der Waals surface area contributed by atoms with E-state index in [1.54, 1.807) is 14.0 Å². The molecule has 3 heterocycles. The summed E-state index contributed by atoms with van der Waals surface area (Å²) >= 11 is 0. The van der Waals surface area contributed by atoms with Gasteiger partial charge in [-0.15, -0.1) is 0 Å². The Bertz CT molecular complexity index is 744. The second-order valence-electron chi connectivity index (χ2n) is 7.57. The number of carbonyl (C=O) groups is 3. The first-order chi connectivity index (χ1) is 13.3. The molecule has 0 bridgehead atoms. The SMILES string of the molecule is CNCC(=O)N1CCC[C@H]1C=C(C)C1=C(OC(=O)O)N2C(=O)[C@H]([C@@H](C)O)[C@H]2C1. The summed E-state index contributed by atoms with van der Waals surface area (Å²) in [5.41, 5.74) is 1.42. The number of nitrogens with zero attached hydrogens (tertiary/aromatic N) is 2. The van der Waals surface area contributed by atoms with Crippen molar-refractivity contribution in [3.8, 4) is 0 Å². The Morgan fingerprint density at radius 3 is 2.75 bits per heavy atom. The zero-order valence-electron chi connectivity index (χ0n) is 16.3. The molecule has 3 aliphatic rings. The number of carbonyl (C=O) groups excluding carboxylic acids is 2. The van der Waals surface area contributed by atoms with Crippen LogP contribution in [0.3, 0.4) is 0 Å². The van der Waals surface area contributed by atoms with Crippen molar-refractivity contribution in [3.63, 3.8) is 0 Å². The van der Waals surface area contributed by atoms with Crippen molar-refractivity contribution < 1.29 is 29.3 Å². The molecule has 3 aliphatic heterocycles. The first-order valence-corrected chi connectivity index (χ1v) is 9.54. The maximum Gasteiger partial charge on any atom is 0.512 e. The second kappa shape index (κ2) is 7.92. The number of amides is 2. The third-order valence-corrected chi connectivity index (χ3v) is 5.73. The molecule has 0 saturated carbocycles. The van der Waals surface area contributed by atoms with Gasteiger partial charge in [0.1, 0.15) is 0 Å². The van der Waals surface area contributed by atoms with Gasteiger partial charge in [-0.25, -0.2) is 4.79 Å². The maximum absolute atomic E-state index is 12.4. The average molecular weight is 393 g/mol. The van der Waals surface area contributed by atoms with Gasteiger partial charge >= 0.3 is 6.16 Å². The predicted molar refractivity (Wildman–Crippen MR) is 99.0 cm³/mol. The van der Waals surface area contributed by atoms with Gasteiger partial charge in [0.2, 0.25) is 17.7 Å². The van der Waals surface area contributed by atoms with Crippen molar-refractivity contribution in [1.29, 1.82) is 0 Å². The lowest BCUT2D eigenvalue weighted by molar-refractivity contribution is -0.161. The number of nitrogens with one attached hydrogen (secondary N) is 1. The molecule has 9 nitrogen and oxygen atoms in total. The molecule has 3 rings (SSSR count). The van der Waals surface area contributed by atoms with Crippen LogP contribution in [-0.2, 0) is 14.3 Å². The highest BCUT2D eigenvalue weighted by atomic mass is 16.7. The third kappa shape index (κ3) is 3.51. The Labute approximate surface area is 163 Å². The Kier molecular flexibility index (Phi) is 5.76. The van der Waals surface area contributed by atoms with Gasteiger partial charge in [0.25, 0.3) is 0 Å². The molecule has 0 radical (unpaired) electrons. The molecule has 2 fully saturated rings. The minimum absolute atomic E-state index is 0.0182. The van der Waals surface area contributed by atoms with Gasteiger partial charge in [0.15, 0.2) is 0 Å². The van der Waals surface area contributed by atoms with Gasteiger partial charge in [0, 0.05) is 12.1 Å². The lowest BCUT2D eigenvalue weighted by Crippen LogP contribution is -2.61. The van der Waals surface area contributed by atoms with E-state index >= 15 is 0 Å². The van der Waals surface area contributed by atoms with E-state index in [0.717, 1.165) is 18.4 Å². The van der Waals surface area contributed by atoms with E-state index < -0.39 is 18.2 Å². The molecule has 4 atom stereocenters. The molecule has 0 aliphatic carbocycles. The van der Waals surface area contributed by atoms with Crippen LogP contribution in [0.2, 0.25) is 0 Å². The summed E-state index contributed by atoms with van der Waals surface area (Å²) in [7, 11) is 1.72. The van der Waals surface area contributed by atoms with Crippen molar-refractivity contribution in [3.05, 3.63) is 23.1 Å². The average Bonchev–Trinajstić information content (AvgIpc) is 3.16. The van der Waals surface area contributed by atoms with Gasteiger partial charge in [-0.2, -0.15) is 0 Å². The fourth-order valence-corrected chi connectivity index (χ4v) is 4.45. The lowest BCUT2D eigenvalue weighted by Gasteiger charge is -2.44. The fraction of sp³-hybridized carbons (Fsp3) is 0.632. The number of carboxylic acid groups (broad SMARTS) is 1. The highest BCUT2D eigenvalue weighted by molar-refractivity contribution is 5.90. The molecule has 0 spiro atoms. The molecule has 0 aromatic heterocycles. The molecule has 3 N–H and O–H groups in total. The van der Waals surface area contributed by atoms with Crippen LogP contribution in [0.1, 0.15) is 33.1 Å². The summed E-state index contributed by atoms with van der Waals surface area (Å²) in [4.78, 5) is 39.0. The topological polar surface area (TPSA) is 119 Å². The molecule has 28 heavy (non-hydrogen) atoms. The van der Waals surface area contributed by atoms with E-state index in [2.05, 4.69) is 5.32 Å². The Hall–Kier alpha value is -2.39. The van der Waals surface area contributed by atoms with Crippen molar-refractivity contribution in [2.45, 2.75) is 51.3 Å². The minimum atomic E-state index is -1.49. The third-order valence-electron chi connectivity index (χ3n) is 5.73. The Morgan fingerprint density at radius 1 is 1.43 bits per heavy atom. The summed E-state index contributed by atoms with van der Waals surface area (Å²) in [5.74, 6) is -0.840. The van der Waals surface area contributed by atoms with Crippen LogP contribution in [0.4, 0.5) is 4.79 Å². The normalized spacial score (nSPS) is 28.4. The van der Waals surface area contributed by atoms with E-state index in [0.29, 0.717) is 18.5 Å². The van der Waals surface area contributed by atoms with Crippen LogP contribution in [0.25, 0.3) is 0 Å². The quantitative estimate of drug-likeness (QED) is 0.448. The number of hydrogen-bond donors (Lipinski definition) is 3. The molecule has 154 valence electrons. The molecule has 2 amide bonds. The number of allylic oxidation sites excluding steroid dienone is 1. The summed E-state index contributed by atoms with van der Waals surface area (Å²) in [6, 6.07) is -0.373. The van der Waals surface area contributed by atoms with Crippen LogP contribution >= 0.6 is 0 Å². The Morgan fingerprint density at radius 2 is 2.14 bits per heavy atom. The molecular formula is C19H27N3O6. The lowest BCUT2D eigenvalue weighted by atomic mass is 9.82. The summed E-state index contributed by atoms with van der Waals surface area (Å²) < 4.78 is 4.94. The summed E-state index contributed by atoms with van der Waals surface area (Å²) in [6.07, 6.45) is 1.81. The van der Waals surface area contributed by atoms with E-state index in [-0.39, 0.29) is 36.3 Å². The molecule has 2 saturated heterocycles. The first-order valence-electron chi connectivity index (χ1n) is 9.54. The molecule has 0 aromatic rings. The van der Waals surface area contributed by atoms with E-state index in [1.807, 2.05) is 17.9 Å². The van der Waals surface area contributed by atoms with Crippen LogP contribution in [0, 0.1) is 5.92 Å². The summed E-state index contributed by atoms with van der Waals surface area (Å²) in [5, 5.41) is 21.8.